The van der Waals surface area contributed by atoms with Crippen molar-refractivity contribution in [3.8, 4) is 5.75 Å². The number of ether oxygens (including phenoxy) is 1. The average Bonchev–Trinajstić information content (AvgIpc) is 2.67. The highest BCUT2D eigenvalue weighted by Gasteiger charge is 2.26. The molecule has 0 aliphatic rings. The average molecular weight is 371 g/mol. The van der Waals surface area contributed by atoms with E-state index < -0.39 is 15.8 Å². The number of benzene rings is 3. The lowest BCUT2D eigenvalue weighted by Crippen LogP contribution is -2.30. The normalized spacial score (nSPS) is 11.2. The van der Waals surface area contributed by atoms with Crippen LogP contribution in [0.25, 0.3) is 0 Å². The minimum absolute atomic E-state index is 0.0185. The molecule has 0 amide bonds. The zero-order chi connectivity index (χ0) is 18.6. The third-order valence-electron chi connectivity index (χ3n) is 3.93. The van der Waals surface area contributed by atoms with Crippen LogP contribution in [0.1, 0.15) is 5.56 Å². The molecule has 26 heavy (non-hydrogen) atoms. The van der Waals surface area contributed by atoms with Gasteiger partial charge in [0.15, 0.2) is 0 Å². The number of halogens is 1. The van der Waals surface area contributed by atoms with Crippen molar-refractivity contribution in [2.24, 2.45) is 0 Å². The van der Waals surface area contributed by atoms with Gasteiger partial charge in [0.25, 0.3) is 10.0 Å². The predicted molar refractivity (Wildman–Crippen MR) is 99.2 cm³/mol. The highest BCUT2D eigenvalue weighted by Crippen LogP contribution is 2.29. The van der Waals surface area contributed by atoms with E-state index in [0.29, 0.717) is 11.3 Å². The minimum Gasteiger partial charge on any atom is -0.496 e. The lowest BCUT2D eigenvalue weighted by Gasteiger charge is -2.25. The number of nitrogens with zero attached hydrogens (tertiary/aromatic N) is 1. The summed E-state index contributed by atoms with van der Waals surface area (Å²) in [5.74, 6) is 0.0629. The molecule has 0 fully saturated rings. The second-order valence-corrected chi connectivity index (χ2v) is 7.48. The number of para-hydroxylation sites is 1. The van der Waals surface area contributed by atoms with Crippen molar-refractivity contribution in [1.82, 2.24) is 0 Å². The fraction of sp³-hybridized carbons (Fsp3) is 0.100. The summed E-state index contributed by atoms with van der Waals surface area (Å²) in [6.45, 7) is 0.0185. The van der Waals surface area contributed by atoms with Crippen LogP contribution >= 0.6 is 0 Å². The Balaban J connectivity index is 2.11. The number of anilines is 1. The molecule has 0 aromatic heterocycles. The van der Waals surface area contributed by atoms with Crippen molar-refractivity contribution in [2.75, 3.05) is 11.4 Å². The predicted octanol–water partition coefficient (Wildman–Crippen LogP) is 4.23. The lowest BCUT2D eigenvalue weighted by molar-refractivity contribution is 0.410. The van der Waals surface area contributed by atoms with E-state index in [0.717, 1.165) is 0 Å². The number of hydrogen-bond acceptors (Lipinski definition) is 3. The largest absolute Gasteiger partial charge is 0.496 e. The molecule has 0 radical (unpaired) electrons. The second-order valence-electron chi connectivity index (χ2n) is 5.62. The number of methoxy groups -OCH3 is 1. The van der Waals surface area contributed by atoms with Crippen LogP contribution in [0.3, 0.4) is 0 Å². The van der Waals surface area contributed by atoms with Gasteiger partial charge in [-0.25, -0.2) is 12.8 Å². The van der Waals surface area contributed by atoms with Gasteiger partial charge in [-0.15, -0.1) is 0 Å². The van der Waals surface area contributed by atoms with E-state index in [4.69, 9.17) is 4.74 Å². The summed E-state index contributed by atoms with van der Waals surface area (Å²) in [5.41, 5.74) is 0.929. The third-order valence-corrected chi connectivity index (χ3v) is 5.72. The third kappa shape index (κ3) is 3.70. The van der Waals surface area contributed by atoms with E-state index in [1.165, 1.54) is 41.7 Å². The van der Waals surface area contributed by atoms with Crippen LogP contribution in [0, 0.1) is 5.82 Å². The van der Waals surface area contributed by atoms with Crippen molar-refractivity contribution < 1.29 is 17.5 Å². The maximum absolute atomic E-state index is 13.8. The van der Waals surface area contributed by atoms with Gasteiger partial charge in [0.2, 0.25) is 0 Å². The molecule has 0 unspecified atom stereocenters. The van der Waals surface area contributed by atoms with Crippen molar-refractivity contribution in [3.63, 3.8) is 0 Å². The van der Waals surface area contributed by atoms with Crippen LogP contribution in [0.15, 0.2) is 83.8 Å². The van der Waals surface area contributed by atoms with E-state index in [1.807, 2.05) is 0 Å². The molecule has 3 aromatic rings. The highest BCUT2D eigenvalue weighted by molar-refractivity contribution is 7.92. The summed E-state index contributed by atoms with van der Waals surface area (Å²) in [5, 5.41) is 0. The molecule has 4 nitrogen and oxygen atoms in total. The van der Waals surface area contributed by atoms with Crippen LogP contribution in [0.2, 0.25) is 0 Å². The second kappa shape index (κ2) is 7.58. The van der Waals surface area contributed by atoms with Crippen molar-refractivity contribution in [1.29, 1.82) is 0 Å². The van der Waals surface area contributed by atoms with E-state index >= 15 is 0 Å². The van der Waals surface area contributed by atoms with Crippen molar-refractivity contribution in [2.45, 2.75) is 11.4 Å². The standard InChI is InChI=1S/C20H18FNO3S/c1-25-20-13-6-5-8-16(20)15-22(18-10-7-9-17(21)14-18)26(23,24)19-11-3-2-4-12-19/h2-14H,15H2,1H3. The Hall–Kier alpha value is -2.86. The van der Waals surface area contributed by atoms with Crippen molar-refractivity contribution in [3.05, 3.63) is 90.2 Å². The first kappa shape index (κ1) is 17.9. The molecular weight excluding hydrogens is 353 g/mol. The molecule has 134 valence electrons. The van der Waals surface area contributed by atoms with Gasteiger partial charge < -0.3 is 4.74 Å². The highest BCUT2D eigenvalue weighted by atomic mass is 32.2. The number of hydrogen-bond donors (Lipinski definition) is 0. The van der Waals surface area contributed by atoms with Crippen LogP contribution < -0.4 is 9.04 Å². The quantitative estimate of drug-likeness (QED) is 0.651. The summed E-state index contributed by atoms with van der Waals surface area (Å²) in [4.78, 5) is 0.138. The van der Waals surface area contributed by atoms with E-state index in [-0.39, 0.29) is 17.1 Å². The Morgan fingerprint density at radius 2 is 1.62 bits per heavy atom. The van der Waals surface area contributed by atoms with Gasteiger partial charge >= 0.3 is 0 Å². The Kier molecular flexibility index (Phi) is 5.23. The summed E-state index contributed by atoms with van der Waals surface area (Å²) >= 11 is 0. The molecule has 0 aliphatic carbocycles. The zero-order valence-corrected chi connectivity index (χ0v) is 15.0. The monoisotopic (exact) mass is 371 g/mol. The van der Waals surface area contributed by atoms with Crippen molar-refractivity contribution >= 4 is 15.7 Å². The molecule has 0 N–H and O–H groups in total. The van der Waals surface area contributed by atoms with Gasteiger partial charge in [0.1, 0.15) is 11.6 Å². The topological polar surface area (TPSA) is 46.6 Å². The smallest absolute Gasteiger partial charge is 0.264 e. The summed E-state index contributed by atoms with van der Waals surface area (Å²) in [6, 6.07) is 20.8. The summed E-state index contributed by atoms with van der Waals surface area (Å²) in [7, 11) is -2.36. The minimum atomic E-state index is -3.88. The summed E-state index contributed by atoms with van der Waals surface area (Å²) < 4.78 is 46.7. The first-order valence-electron chi connectivity index (χ1n) is 7.97. The molecule has 0 spiro atoms. The Bertz CT molecular complexity index is 991. The maximum atomic E-state index is 13.8. The van der Waals surface area contributed by atoms with Gasteiger partial charge in [-0.2, -0.15) is 0 Å². The lowest BCUT2D eigenvalue weighted by atomic mass is 10.2. The molecule has 0 atom stereocenters. The van der Waals surface area contributed by atoms with Gasteiger partial charge in [0, 0.05) is 5.56 Å². The number of rotatable bonds is 6. The first-order valence-corrected chi connectivity index (χ1v) is 9.41. The van der Waals surface area contributed by atoms with Gasteiger partial charge in [-0.1, -0.05) is 42.5 Å². The molecule has 3 rings (SSSR count). The molecule has 6 heteroatoms. The molecular formula is C20H18FNO3S. The number of sulfonamides is 1. The van der Waals surface area contributed by atoms with Crippen LogP contribution in [-0.2, 0) is 16.6 Å². The summed E-state index contributed by atoms with van der Waals surface area (Å²) in [6.07, 6.45) is 0. The van der Waals surface area contributed by atoms with Gasteiger partial charge in [0.05, 0.1) is 24.2 Å². The van der Waals surface area contributed by atoms with Crippen LogP contribution in [0.5, 0.6) is 5.75 Å². The molecule has 0 saturated carbocycles. The molecule has 0 saturated heterocycles. The van der Waals surface area contributed by atoms with Crippen LogP contribution in [0.4, 0.5) is 10.1 Å². The first-order chi connectivity index (χ1) is 12.5. The van der Waals surface area contributed by atoms with E-state index in [9.17, 15) is 12.8 Å². The molecule has 0 bridgehead atoms. The van der Waals surface area contributed by atoms with Gasteiger partial charge in [-0.3, -0.25) is 4.31 Å². The Morgan fingerprint density at radius 3 is 2.31 bits per heavy atom. The Labute approximate surface area is 152 Å². The molecule has 3 aromatic carbocycles. The van der Waals surface area contributed by atoms with Gasteiger partial charge in [-0.05, 0) is 36.4 Å². The fourth-order valence-corrected chi connectivity index (χ4v) is 4.11. The molecule has 0 aliphatic heterocycles. The Morgan fingerprint density at radius 1 is 0.923 bits per heavy atom. The van der Waals surface area contributed by atoms with E-state index in [1.54, 1.807) is 48.5 Å². The van der Waals surface area contributed by atoms with E-state index in [2.05, 4.69) is 0 Å². The SMILES string of the molecule is COc1ccccc1CN(c1cccc(F)c1)S(=O)(=O)c1ccccc1. The zero-order valence-electron chi connectivity index (χ0n) is 14.2. The molecule has 0 heterocycles. The van der Waals surface area contributed by atoms with Crippen LogP contribution in [-0.4, -0.2) is 15.5 Å². The fourth-order valence-electron chi connectivity index (χ4n) is 2.65. The maximum Gasteiger partial charge on any atom is 0.264 e.